The molecule has 1 fully saturated rings. The van der Waals surface area contributed by atoms with Crippen molar-refractivity contribution in [2.75, 3.05) is 6.54 Å². The average molecular weight is 359 g/mol. The summed E-state index contributed by atoms with van der Waals surface area (Å²) in [7, 11) is 0. The Bertz CT molecular complexity index is 917. The van der Waals surface area contributed by atoms with Crippen molar-refractivity contribution in [3.63, 3.8) is 0 Å². The van der Waals surface area contributed by atoms with E-state index in [9.17, 15) is 14.4 Å². The van der Waals surface area contributed by atoms with Crippen LogP contribution in [0.1, 0.15) is 37.6 Å². The highest BCUT2D eigenvalue weighted by Gasteiger charge is 2.41. The Morgan fingerprint density at radius 1 is 1.28 bits per heavy atom. The lowest BCUT2D eigenvalue weighted by Gasteiger charge is -2.27. The van der Waals surface area contributed by atoms with E-state index >= 15 is 0 Å². The quantitative estimate of drug-likeness (QED) is 0.591. The van der Waals surface area contributed by atoms with Crippen molar-refractivity contribution >= 4 is 35.0 Å². The van der Waals surface area contributed by atoms with Gasteiger partial charge in [-0.05, 0) is 39.3 Å². The van der Waals surface area contributed by atoms with Crippen LogP contribution in [0.3, 0.4) is 0 Å². The van der Waals surface area contributed by atoms with Crippen LogP contribution in [-0.4, -0.2) is 45.9 Å². The Labute approximate surface area is 149 Å². The second kappa shape index (κ2) is 6.11. The molecule has 0 aliphatic carbocycles. The van der Waals surface area contributed by atoms with Crippen molar-refractivity contribution in [3.05, 3.63) is 34.5 Å². The molecule has 0 aromatic heterocycles. The third-order valence-electron chi connectivity index (χ3n) is 3.80. The highest BCUT2D eigenvalue weighted by atomic mass is 32.1. The number of nitrogens with zero attached hydrogens (tertiary/aromatic N) is 3. The van der Waals surface area contributed by atoms with Gasteiger partial charge in [-0.15, -0.1) is 0 Å². The molecule has 2 aliphatic heterocycles. The predicted molar refractivity (Wildman–Crippen MR) is 92.4 cm³/mol. The maximum Gasteiger partial charge on any atom is 0.411 e. The number of fused-ring (bicyclic) bond motifs is 1. The zero-order chi connectivity index (χ0) is 18.4. The summed E-state index contributed by atoms with van der Waals surface area (Å²) in [5.74, 6) is -0.376. The monoisotopic (exact) mass is 359 g/mol. The molecule has 0 saturated carbocycles. The number of carbonyl (C=O) groups is 3. The van der Waals surface area contributed by atoms with Gasteiger partial charge in [0.2, 0.25) is 0 Å². The van der Waals surface area contributed by atoms with Crippen molar-refractivity contribution in [1.29, 1.82) is 0 Å². The number of benzene rings is 1. The average Bonchev–Trinajstić information content (AvgIpc) is 3.06. The van der Waals surface area contributed by atoms with Gasteiger partial charge in [0, 0.05) is 17.0 Å². The van der Waals surface area contributed by atoms with E-state index in [-0.39, 0.29) is 16.7 Å². The standard InChI is InChI=1S/C17H17N3O4S/c1-17(2,3)24-16(23)20-8-7-11(25)13(20)14(21)9-5-4-6-10-12(9)19-15(22)18-10/h4-6,13H,7-8H2,1-3H3/t13-/m0/s1. The minimum atomic E-state index is -0.901. The first-order chi connectivity index (χ1) is 11.7. The van der Waals surface area contributed by atoms with Crippen molar-refractivity contribution < 1.29 is 19.1 Å². The Morgan fingerprint density at radius 2 is 2.00 bits per heavy atom. The van der Waals surface area contributed by atoms with Gasteiger partial charge in [0.25, 0.3) is 0 Å². The molecule has 0 unspecified atom stereocenters. The smallest absolute Gasteiger partial charge is 0.411 e. The van der Waals surface area contributed by atoms with E-state index in [0.717, 1.165) is 0 Å². The number of Topliss-reactive ketones (excluding diaryl/α,β-unsaturated/α-hetero) is 1. The number of thiocarbonyl (C=S) groups is 1. The van der Waals surface area contributed by atoms with Crippen LogP contribution in [0.15, 0.2) is 28.2 Å². The summed E-state index contributed by atoms with van der Waals surface area (Å²) < 4.78 is 5.38. The van der Waals surface area contributed by atoms with E-state index in [2.05, 4.69) is 9.98 Å². The van der Waals surface area contributed by atoms with Gasteiger partial charge in [0.15, 0.2) is 5.78 Å². The summed E-state index contributed by atoms with van der Waals surface area (Å²) in [6, 6.07) is 3.25. The Hall–Kier alpha value is -2.48. The number of rotatable bonds is 2. The molecule has 25 heavy (non-hydrogen) atoms. The molecule has 3 amide bonds. The first kappa shape index (κ1) is 17.3. The zero-order valence-electron chi connectivity index (χ0n) is 14.1. The lowest BCUT2D eigenvalue weighted by molar-refractivity contribution is 0.0242. The fourth-order valence-electron chi connectivity index (χ4n) is 2.78. The van der Waals surface area contributed by atoms with Crippen molar-refractivity contribution in [3.8, 4) is 0 Å². The van der Waals surface area contributed by atoms with Crippen LogP contribution in [-0.2, 0) is 4.74 Å². The Balaban J connectivity index is 1.97. The van der Waals surface area contributed by atoms with Crippen molar-refractivity contribution in [2.45, 2.75) is 38.8 Å². The summed E-state index contributed by atoms with van der Waals surface area (Å²) >= 11 is 5.31. The minimum Gasteiger partial charge on any atom is -0.444 e. The van der Waals surface area contributed by atoms with Crippen LogP contribution in [0, 0.1) is 0 Å². The molecule has 2 heterocycles. The van der Waals surface area contributed by atoms with Gasteiger partial charge in [-0.1, -0.05) is 18.3 Å². The van der Waals surface area contributed by atoms with Crippen LogP contribution in [0.2, 0.25) is 0 Å². The number of carbonyl (C=O) groups excluding carboxylic acids is 3. The molecule has 3 rings (SSSR count). The molecule has 8 heteroatoms. The highest BCUT2D eigenvalue weighted by molar-refractivity contribution is 7.80. The Kier molecular flexibility index (Phi) is 4.24. The first-order valence-corrected chi connectivity index (χ1v) is 8.25. The number of ether oxygens (including phenoxy) is 1. The third-order valence-corrected chi connectivity index (χ3v) is 4.22. The van der Waals surface area contributed by atoms with Crippen LogP contribution in [0.5, 0.6) is 0 Å². The molecule has 1 atom stereocenters. The molecular formula is C17H17N3O4S. The minimum absolute atomic E-state index is 0.231. The molecule has 1 saturated heterocycles. The van der Waals surface area contributed by atoms with Crippen LogP contribution in [0.25, 0.3) is 0 Å². The van der Waals surface area contributed by atoms with Crippen LogP contribution >= 0.6 is 12.2 Å². The predicted octanol–water partition coefficient (Wildman–Crippen LogP) is 1.62. The van der Waals surface area contributed by atoms with Crippen LogP contribution < -0.4 is 10.7 Å². The van der Waals surface area contributed by atoms with E-state index in [1.54, 1.807) is 39.0 Å². The number of hydrogen-bond donors (Lipinski definition) is 0. The number of hydrogen-bond acceptors (Lipinski definition) is 5. The summed E-state index contributed by atoms with van der Waals surface area (Å²) in [5, 5.41) is 0.583. The largest absolute Gasteiger partial charge is 0.444 e. The van der Waals surface area contributed by atoms with E-state index in [0.29, 0.717) is 23.2 Å². The molecule has 0 radical (unpaired) electrons. The normalized spacial score (nSPS) is 19.3. The van der Waals surface area contributed by atoms with Crippen LogP contribution in [0.4, 0.5) is 9.59 Å². The molecule has 1 aromatic rings. The van der Waals surface area contributed by atoms with Gasteiger partial charge in [0.1, 0.15) is 17.0 Å². The maximum absolute atomic E-state index is 13.1. The lowest BCUT2D eigenvalue weighted by atomic mass is 10.0. The number of urea groups is 1. The van der Waals surface area contributed by atoms with Gasteiger partial charge in [-0.3, -0.25) is 9.69 Å². The summed E-state index contributed by atoms with van der Waals surface area (Å²) in [6.45, 7) is 5.59. The molecule has 2 aliphatic rings. The number of amides is 3. The van der Waals surface area contributed by atoms with Gasteiger partial charge < -0.3 is 4.74 Å². The summed E-state index contributed by atoms with van der Waals surface area (Å²) in [6.07, 6.45) is -0.142. The second-order valence-corrected chi connectivity index (χ2v) is 7.36. The molecule has 0 spiro atoms. The van der Waals surface area contributed by atoms with Crippen molar-refractivity contribution in [1.82, 2.24) is 4.90 Å². The molecule has 130 valence electrons. The highest BCUT2D eigenvalue weighted by Crippen LogP contribution is 2.22. The van der Waals surface area contributed by atoms with E-state index < -0.39 is 23.8 Å². The number of para-hydroxylation sites is 1. The zero-order valence-corrected chi connectivity index (χ0v) is 14.9. The summed E-state index contributed by atoms with van der Waals surface area (Å²) in [5.41, 5.74) is -0.446. The first-order valence-electron chi connectivity index (χ1n) is 7.84. The van der Waals surface area contributed by atoms with Gasteiger partial charge >= 0.3 is 12.1 Å². The second-order valence-electron chi connectivity index (χ2n) is 6.84. The summed E-state index contributed by atoms with van der Waals surface area (Å²) in [4.78, 5) is 46.3. The topological polar surface area (TPSA) is 88.4 Å². The molecule has 0 bridgehead atoms. The van der Waals surface area contributed by atoms with E-state index in [1.165, 1.54) is 4.90 Å². The molecule has 7 nitrogen and oxygen atoms in total. The fraction of sp³-hybridized carbons (Fsp3) is 0.412. The fourth-order valence-corrected chi connectivity index (χ4v) is 3.11. The number of ketones is 1. The van der Waals surface area contributed by atoms with Crippen molar-refractivity contribution in [2.24, 2.45) is 9.98 Å². The lowest BCUT2D eigenvalue weighted by Crippen LogP contribution is -2.47. The molecule has 1 aromatic carbocycles. The maximum atomic E-state index is 13.1. The van der Waals surface area contributed by atoms with Gasteiger partial charge in [0.05, 0.1) is 5.36 Å². The SMILES string of the molecule is CC(C)(C)OC(=O)N1CCC(=S)[C@H]1C(=O)c1cccc2c1=NC(=O)N=2. The third kappa shape index (κ3) is 3.34. The van der Waals surface area contributed by atoms with E-state index in [1.807, 2.05) is 0 Å². The molecular weight excluding hydrogens is 342 g/mol. The number of likely N-dealkylation sites (tertiary alicyclic amines) is 1. The van der Waals surface area contributed by atoms with E-state index in [4.69, 9.17) is 17.0 Å². The van der Waals surface area contributed by atoms with Gasteiger partial charge in [-0.25, -0.2) is 9.59 Å². The molecule has 0 N–H and O–H groups in total. The van der Waals surface area contributed by atoms with Gasteiger partial charge in [-0.2, -0.15) is 9.98 Å². The Morgan fingerprint density at radius 3 is 2.68 bits per heavy atom.